The van der Waals surface area contributed by atoms with Crippen molar-refractivity contribution in [1.29, 1.82) is 0 Å². The molecule has 8 nitrogen and oxygen atoms in total. The largest absolute Gasteiger partial charge is 0.323 e. The van der Waals surface area contributed by atoms with Gasteiger partial charge >= 0.3 is 0 Å². The highest BCUT2D eigenvalue weighted by atomic mass is 32.2. The van der Waals surface area contributed by atoms with Crippen molar-refractivity contribution in [1.82, 2.24) is 14.6 Å². The lowest BCUT2D eigenvalue weighted by atomic mass is 9.84. The zero-order valence-electron chi connectivity index (χ0n) is 25.5. The Labute approximate surface area is 271 Å². The van der Waals surface area contributed by atoms with Crippen LogP contribution in [0, 0.1) is 23.3 Å². The lowest BCUT2D eigenvalue weighted by Crippen LogP contribution is -2.58. The van der Waals surface area contributed by atoms with Gasteiger partial charge in [-0.25, -0.2) is 26.0 Å². The van der Waals surface area contributed by atoms with Gasteiger partial charge in [-0.1, -0.05) is 30.3 Å². The van der Waals surface area contributed by atoms with E-state index in [0.717, 1.165) is 30.5 Å². The third-order valence-corrected chi connectivity index (χ3v) is 10.4. The van der Waals surface area contributed by atoms with Crippen molar-refractivity contribution in [2.75, 3.05) is 18.4 Å². The molecule has 0 saturated carbocycles. The SMILES string of the molecule is C[C@H]1CNC[C@H](CCCc2c(F)cncc2NC(=O)[C@@H](N)[C@@H](c2ccc(F)cc2)c2cc(F)cc(F)c2)N1S(=O)(=O)c1ccccc1. The quantitative estimate of drug-likeness (QED) is 0.191. The maximum atomic E-state index is 15.1. The molecule has 4 aromatic rings. The Morgan fingerprint density at radius 1 is 0.957 bits per heavy atom. The number of halogens is 4. The molecule has 1 fully saturated rings. The second kappa shape index (κ2) is 14.7. The number of anilines is 1. The molecule has 0 unspecified atom stereocenters. The predicted molar refractivity (Wildman–Crippen MR) is 170 cm³/mol. The van der Waals surface area contributed by atoms with Crippen LogP contribution < -0.4 is 16.4 Å². The minimum absolute atomic E-state index is 0.0534. The Morgan fingerprint density at radius 2 is 1.64 bits per heavy atom. The van der Waals surface area contributed by atoms with Crippen LogP contribution in [0.2, 0.25) is 0 Å². The number of pyridine rings is 1. The number of benzene rings is 3. The second-order valence-corrected chi connectivity index (χ2v) is 13.4. The molecule has 5 rings (SSSR count). The van der Waals surface area contributed by atoms with Crippen molar-refractivity contribution in [3.63, 3.8) is 0 Å². The summed E-state index contributed by atoms with van der Waals surface area (Å²) in [4.78, 5) is 17.6. The molecule has 1 saturated heterocycles. The fraction of sp³-hybridized carbons (Fsp3) is 0.294. The highest BCUT2D eigenvalue weighted by Crippen LogP contribution is 2.31. The molecule has 1 aliphatic rings. The summed E-state index contributed by atoms with van der Waals surface area (Å²) in [6.45, 7) is 2.73. The molecule has 4 N–H and O–H groups in total. The van der Waals surface area contributed by atoms with Gasteiger partial charge in [0, 0.05) is 42.7 Å². The van der Waals surface area contributed by atoms with E-state index in [1.54, 1.807) is 30.3 Å². The maximum absolute atomic E-state index is 15.1. The van der Waals surface area contributed by atoms with Crippen molar-refractivity contribution in [2.45, 2.75) is 55.1 Å². The van der Waals surface area contributed by atoms with Gasteiger partial charge in [0.1, 0.15) is 23.3 Å². The minimum Gasteiger partial charge on any atom is -0.323 e. The Bertz CT molecular complexity index is 1790. The van der Waals surface area contributed by atoms with Crippen molar-refractivity contribution in [3.05, 3.63) is 125 Å². The zero-order chi connectivity index (χ0) is 33.7. The number of aromatic nitrogens is 1. The number of nitrogens with one attached hydrogen (secondary N) is 2. The number of piperazine rings is 1. The first-order valence-electron chi connectivity index (χ1n) is 15.1. The van der Waals surface area contributed by atoms with Gasteiger partial charge in [0.2, 0.25) is 15.9 Å². The van der Waals surface area contributed by atoms with Gasteiger partial charge in [0.25, 0.3) is 0 Å². The van der Waals surface area contributed by atoms with E-state index in [1.807, 2.05) is 6.92 Å². The number of rotatable bonds is 11. The zero-order valence-corrected chi connectivity index (χ0v) is 26.4. The summed E-state index contributed by atoms with van der Waals surface area (Å²) in [6.07, 6.45) is 3.19. The highest BCUT2D eigenvalue weighted by molar-refractivity contribution is 7.89. The number of hydrogen-bond acceptors (Lipinski definition) is 6. The van der Waals surface area contributed by atoms with Crippen LogP contribution in [0.4, 0.5) is 23.2 Å². The van der Waals surface area contributed by atoms with Crippen LogP contribution in [0.25, 0.3) is 0 Å². The average molecular weight is 670 g/mol. The van der Waals surface area contributed by atoms with Crippen LogP contribution in [0.5, 0.6) is 0 Å². The van der Waals surface area contributed by atoms with Gasteiger partial charge in [-0.15, -0.1) is 0 Å². The molecule has 3 aromatic carbocycles. The lowest BCUT2D eigenvalue weighted by Gasteiger charge is -2.40. The Kier molecular flexibility index (Phi) is 10.7. The molecule has 0 aliphatic carbocycles. The van der Waals surface area contributed by atoms with Crippen LogP contribution in [0.3, 0.4) is 0 Å². The third-order valence-electron chi connectivity index (χ3n) is 8.29. The molecule has 0 bridgehead atoms. The number of amides is 1. The number of hydrogen-bond donors (Lipinski definition) is 3. The van der Waals surface area contributed by atoms with Gasteiger partial charge < -0.3 is 16.4 Å². The van der Waals surface area contributed by atoms with Crippen molar-refractivity contribution >= 4 is 21.6 Å². The molecular formula is C34H35F4N5O3S. The summed E-state index contributed by atoms with van der Waals surface area (Å²) in [7, 11) is -3.79. The lowest BCUT2D eigenvalue weighted by molar-refractivity contribution is -0.117. The Hall–Kier alpha value is -4.17. The summed E-state index contributed by atoms with van der Waals surface area (Å²) in [6, 6.07) is 13.8. The molecule has 13 heteroatoms. The minimum atomic E-state index is -3.79. The van der Waals surface area contributed by atoms with Crippen LogP contribution >= 0.6 is 0 Å². The van der Waals surface area contributed by atoms with E-state index in [9.17, 15) is 26.4 Å². The van der Waals surface area contributed by atoms with Crippen molar-refractivity contribution in [3.8, 4) is 0 Å². The average Bonchev–Trinajstić information content (AvgIpc) is 3.03. The molecular weight excluding hydrogens is 634 g/mol. The first kappa shape index (κ1) is 34.2. The summed E-state index contributed by atoms with van der Waals surface area (Å²) >= 11 is 0. The van der Waals surface area contributed by atoms with E-state index in [1.165, 1.54) is 22.6 Å². The van der Waals surface area contributed by atoms with Crippen LogP contribution in [-0.2, 0) is 21.2 Å². The number of sulfonamides is 1. The van der Waals surface area contributed by atoms with Crippen LogP contribution in [0.1, 0.15) is 42.4 Å². The summed E-state index contributed by atoms with van der Waals surface area (Å²) in [5, 5.41) is 5.88. The van der Waals surface area contributed by atoms with Gasteiger partial charge in [-0.05, 0) is 73.7 Å². The smallest absolute Gasteiger partial charge is 0.243 e. The summed E-state index contributed by atoms with van der Waals surface area (Å²) in [5.74, 6) is -4.86. The Morgan fingerprint density at radius 3 is 2.32 bits per heavy atom. The fourth-order valence-corrected chi connectivity index (χ4v) is 7.98. The number of nitrogens with zero attached hydrogens (tertiary/aromatic N) is 2. The predicted octanol–water partition coefficient (Wildman–Crippen LogP) is 5.11. The molecule has 4 atom stereocenters. The second-order valence-electron chi connectivity index (χ2n) is 11.6. The normalized spacial score (nSPS) is 18.4. The molecule has 0 spiro atoms. The summed E-state index contributed by atoms with van der Waals surface area (Å²) < 4.78 is 85.9. The van der Waals surface area contributed by atoms with Crippen molar-refractivity contribution in [2.24, 2.45) is 5.73 Å². The molecule has 47 heavy (non-hydrogen) atoms. The van der Waals surface area contributed by atoms with E-state index < -0.39 is 57.2 Å². The standard InChI is InChI=1S/C34H35F4N5O3S/c1-21-17-40-18-27(43(21)47(45,46)28-7-3-2-4-8-28)6-5-9-29-30(38)19-41-20-31(29)42-34(44)33(39)32(22-10-12-24(35)13-11-22)23-14-25(36)16-26(37)15-23/h2-4,7-8,10-16,19-21,27,32-33,40H,5-6,9,17-18,39H2,1H3,(H,42,44)/t21-,27-,32-,33-/m0/s1. The molecule has 2 heterocycles. The third kappa shape index (κ3) is 7.87. The maximum Gasteiger partial charge on any atom is 0.243 e. The number of nitrogens with two attached hydrogens (primary N) is 1. The molecule has 1 aliphatic heterocycles. The van der Waals surface area contributed by atoms with Gasteiger partial charge in [0.05, 0.1) is 29.0 Å². The van der Waals surface area contributed by atoms with Crippen LogP contribution in [-0.4, -0.2) is 54.8 Å². The van der Waals surface area contributed by atoms with E-state index >= 15 is 4.39 Å². The van der Waals surface area contributed by atoms with Crippen LogP contribution in [0.15, 0.2) is 90.1 Å². The fourth-order valence-electron chi connectivity index (χ4n) is 6.11. The Balaban J connectivity index is 1.34. The first-order chi connectivity index (χ1) is 22.5. The topological polar surface area (TPSA) is 117 Å². The van der Waals surface area contributed by atoms with Gasteiger partial charge in [-0.3, -0.25) is 9.78 Å². The first-order valence-corrected chi connectivity index (χ1v) is 16.6. The highest BCUT2D eigenvalue weighted by Gasteiger charge is 2.37. The number of carbonyl (C=O) groups is 1. The molecule has 1 aromatic heterocycles. The summed E-state index contributed by atoms with van der Waals surface area (Å²) in [5.41, 5.74) is 6.97. The van der Waals surface area contributed by atoms with Gasteiger partial charge in [0.15, 0.2) is 0 Å². The van der Waals surface area contributed by atoms with E-state index in [2.05, 4.69) is 15.6 Å². The molecule has 248 valence electrons. The van der Waals surface area contributed by atoms with E-state index in [-0.39, 0.29) is 34.2 Å². The van der Waals surface area contributed by atoms with Gasteiger partial charge in [-0.2, -0.15) is 4.31 Å². The van der Waals surface area contributed by atoms with E-state index in [4.69, 9.17) is 5.73 Å². The van der Waals surface area contributed by atoms with E-state index in [0.29, 0.717) is 37.6 Å². The van der Waals surface area contributed by atoms with Crippen molar-refractivity contribution < 1.29 is 30.8 Å². The number of carbonyl (C=O) groups excluding carboxylic acids is 1. The monoisotopic (exact) mass is 669 g/mol. The molecule has 0 radical (unpaired) electrons. The molecule has 1 amide bonds.